The predicted molar refractivity (Wildman–Crippen MR) is 118 cm³/mol. The molecule has 0 fully saturated rings. The Morgan fingerprint density at radius 3 is 2.48 bits per heavy atom. The Labute approximate surface area is 175 Å². The number of carboxylic acids is 1. The van der Waals surface area contributed by atoms with Gasteiger partial charge in [0.15, 0.2) is 6.61 Å². The van der Waals surface area contributed by atoms with Gasteiger partial charge in [0.05, 0.1) is 0 Å². The molecule has 0 saturated carbocycles. The molecule has 0 bridgehead atoms. The van der Waals surface area contributed by atoms with E-state index in [1.165, 1.54) is 24.8 Å². The molecule has 3 atom stereocenters. The molecule has 1 N–H and O–H groups in total. The zero-order valence-corrected chi connectivity index (χ0v) is 17.8. The number of hydrogen-bond donors (Lipinski definition) is 1. The minimum absolute atomic E-state index is 0.227. The van der Waals surface area contributed by atoms with Gasteiger partial charge >= 0.3 is 5.97 Å². The number of hydrogen-bond acceptors (Lipinski definition) is 3. The van der Waals surface area contributed by atoms with Crippen molar-refractivity contribution in [3.63, 3.8) is 0 Å². The Morgan fingerprint density at radius 2 is 1.90 bits per heavy atom. The van der Waals surface area contributed by atoms with Gasteiger partial charge in [0.1, 0.15) is 18.1 Å². The molecule has 0 spiro atoms. The molecule has 4 heteroatoms. The van der Waals surface area contributed by atoms with E-state index < -0.39 is 5.97 Å². The first-order valence-electron chi connectivity index (χ1n) is 10.3. The van der Waals surface area contributed by atoms with Crippen molar-refractivity contribution in [3.05, 3.63) is 53.8 Å². The fourth-order valence-corrected chi connectivity index (χ4v) is 3.60. The first-order chi connectivity index (χ1) is 14.0. The van der Waals surface area contributed by atoms with Crippen molar-refractivity contribution < 1.29 is 19.4 Å². The van der Waals surface area contributed by atoms with Crippen LogP contribution in [0.4, 0.5) is 0 Å². The molecule has 3 unspecified atom stereocenters. The largest absolute Gasteiger partial charge is 0.486 e. The molecular formula is C25H34O4. The second-order valence-electron chi connectivity index (χ2n) is 7.28. The maximum absolute atomic E-state index is 10.6. The van der Waals surface area contributed by atoms with Gasteiger partial charge < -0.3 is 14.6 Å². The van der Waals surface area contributed by atoms with Gasteiger partial charge in [0.2, 0.25) is 0 Å². The fraction of sp³-hybridized carbons (Fsp3) is 0.480. The van der Waals surface area contributed by atoms with Crippen molar-refractivity contribution in [1.82, 2.24) is 0 Å². The first kappa shape index (κ1) is 24.4. The van der Waals surface area contributed by atoms with E-state index in [1.807, 2.05) is 12.1 Å². The summed E-state index contributed by atoms with van der Waals surface area (Å²) in [6, 6.07) is 8.26. The van der Waals surface area contributed by atoms with Gasteiger partial charge in [-0.05, 0) is 74.1 Å². The van der Waals surface area contributed by atoms with E-state index in [-0.39, 0.29) is 13.2 Å². The van der Waals surface area contributed by atoms with Crippen molar-refractivity contribution in [3.8, 4) is 18.6 Å². The average molecular weight is 399 g/mol. The highest BCUT2D eigenvalue weighted by atomic mass is 16.5. The lowest BCUT2D eigenvalue weighted by Crippen LogP contribution is -2.13. The zero-order valence-electron chi connectivity index (χ0n) is 17.8. The van der Waals surface area contributed by atoms with Crippen LogP contribution in [0.15, 0.2) is 48.3 Å². The summed E-state index contributed by atoms with van der Waals surface area (Å²) in [6.45, 7) is 6.31. The summed E-state index contributed by atoms with van der Waals surface area (Å²) >= 11 is 0. The first-order valence-corrected chi connectivity index (χ1v) is 10.3. The van der Waals surface area contributed by atoms with Crippen LogP contribution in [-0.4, -0.2) is 24.3 Å². The second-order valence-corrected chi connectivity index (χ2v) is 7.28. The lowest BCUT2D eigenvalue weighted by Gasteiger charge is -2.26. The summed E-state index contributed by atoms with van der Waals surface area (Å²) in [5.74, 6) is 2.30. The molecule has 4 nitrogen and oxygen atoms in total. The Hall–Kier alpha value is -2.67. The Kier molecular flexibility index (Phi) is 11.3. The number of benzene rings is 1. The van der Waals surface area contributed by atoms with Crippen molar-refractivity contribution >= 4 is 5.97 Å². The van der Waals surface area contributed by atoms with Crippen LogP contribution in [0.5, 0.6) is 5.75 Å². The molecule has 1 aliphatic carbocycles. The second kappa shape index (κ2) is 13.5. The smallest absolute Gasteiger partial charge is 0.341 e. The monoisotopic (exact) mass is 398 g/mol. The number of terminal acetylenes is 1. The molecule has 0 aromatic heterocycles. The van der Waals surface area contributed by atoms with Crippen molar-refractivity contribution in [2.75, 3.05) is 13.2 Å². The minimum atomic E-state index is -0.994. The summed E-state index contributed by atoms with van der Waals surface area (Å²) in [5.41, 5.74) is 1.35. The van der Waals surface area contributed by atoms with E-state index in [4.69, 9.17) is 14.6 Å². The standard InChI is InChI=1S/C23H32O4.C2H2/c1-4-18-7-6-8-19(10-9-17(18)3)20-11-13-22(14-12-20)26-15-21(5-2)27-16-23(24)25;1-2/h5-7,11-14,17-19H,4,8-10,15-16H2,1-3H3,(H,24,25);1-2H/b7-6-,21-5-;. The topological polar surface area (TPSA) is 55.8 Å². The van der Waals surface area contributed by atoms with E-state index in [0.717, 1.165) is 18.1 Å². The third-order valence-corrected chi connectivity index (χ3v) is 5.41. The van der Waals surface area contributed by atoms with Gasteiger partial charge in [-0.2, -0.15) is 0 Å². The van der Waals surface area contributed by atoms with Crippen LogP contribution in [0.25, 0.3) is 0 Å². The lowest BCUT2D eigenvalue weighted by molar-refractivity contribution is -0.141. The number of aliphatic carboxylic acids is 1. The zero-order chi connectivity index (χ0) is 21.6. The third-order valence-electron chi connectivity index (χ3n) is 5.41. The highest BCUT2D eigenvalue weighted by Gasteiger charge is 2.19. The number of rotatable bonds is 8. The van der Waals surface area contributed by atoms with Gasteiger partial charge in [0, 0.05) is 0 Å². The Bertz CT molecular complexity index is 685. The summed E-state index contributed by atoms with van der Waals surface area (Å²) in [7, 11) is 0. The van der Waals surface area contributed by atoms with Crippen LogP contribution in [0.2, 0.25) is 0 Å². The summed E-state index contributed by atoms with van der Waals surface area (Å²) in [4.78, 5) is 10.6. The molecule has 1 aromatic rings. The highest BCUT2D eigenvalue weighted by molar-refractivity contribution is 5.68. The van der Waals surface area contributed by atoms with E-state index >= 15 is 0 Å². The van der Waals surface area contributed by atoms with Crippen LogP contribution in [0.3, 0.4) is 0 Å². The van der Waals surface area contributed by atoms with Crippen LogP contribution >= 0.6 is 0 Å². The van der Waals surface area contributed by atoms with E-state index in [1.54, 1.807) is 13.0 Å². The fourth-order valence-electron chi connectivity index (χ4n) is 3.60. The number of ether oxygens (including phenoxy) is 2. The van der Waals surface area contributed by atoms with Crippen LogP contribution < -0.4 is 4.74 Å². The SMILES string of the molecule is C#C.C/C=C(/COc1ccc(C2C/C=C\C(CC)C(C)CC2)cc1)OCC(=O)O. The van der Waals surface area contributed by atoms with E-state index in [9.17, 15) is 4.79 Å². The van der Waals surface area contributed by atoms with Gasteiger partial charge in [-0.3, -0.25) is 0 Å². The normalized spacial score (nSPS) is 22.9. The van der Waals surface area contributed by atoms with Crippen molar-refractivity contribution in [2.45, 2.75) is 52.4 Å². The lowest BCUT2D eigenvalue weighted by atomic mass is 9.80. The molecule has 0 amide bonds. The molecule has 0 aliphatic heterocycles. The molecule has 2 rings (SSSR count). The summed E-state index contributed by atoms with van der Waals surface area (Å²) in [5, 5.41) is 8.68. The van der Waals surface area contributed by atoms with E-state index in [2.05, 4.69) is 51.0 Å². The number of carbonyl (C=O) groups is 1. The maximum Gasteiger partial charge on any atom is 0.341 e. The summed E-state index contributed by atoms with van der Waals surface area (Å²) in [6.07, 6.45) is 19.3. The third kappa shape index (κ3) is 8.48. The molecular weight excluding hydrogens is 364 g/mol. The van der Waals surface area contributed by atoms with E-state index in [0.29, 0.717) is 17.6 Å². The molecule has 1 aromatic carbocycles. The minimum Gasteiger partial charge on any atom is -0.486 e. The number of carboxylic acid groups (broad SMARTS) is 1. The summed E-state index contributed by atoms with van der Waals surface area (Å²) < 4.78 is 10.9. The van der Waals surface area contributed by atoms with Crippen molar-refractivity contribution in [1.29, 1.82) is 0 Å². The van der Waals surface area contributed by atoms with Crippen molar-refractivity contribution in [2.24, 2.45) is 11.8 Å². The Balaban J connectivity index is 0.00000204. The highest BCUT2D eigenvalue weighted by Crippen LogP contribution is 2.34. The number of allylic oxidation sites excluding steroid dienone is 3. The quantitative estimate of drug-likeness (QED) is 0.341. The molecule has 29 heavy (non-hydrogen) atoms. The molecule has 0 heterocycles. The van der Waals surface area contributed by atoms with Crippen LogP contribution in [-0.2, 0) is 9.53 Å². The molecule has 158 valence electrons. The van der Waals surface area contributed by atoms with Gasteiger partial charge in [0.25, 0.3) is 0 Å². The van der Waals surface area contributed by atoms with Gasteiger partial charge in [-0.25, -0.2) is 4.79 Å². The molecule has 0 saturated heterocycles. The Morgan fingerprint density at radius 1 is 1.21 bits per heavy atom. The average Bonchev–Trinajstić information content (AvgIpc) is 2.73. The molecule has 0 radical (unpaired) electrons. The predicted octanol–water partition coefficient (Wildman–Crippen LogP) is 5.81. The van der Waals surface area contributed by atoms with Crippen LogP contribution in [0, 0.1) is 24.7 Å². The van der Waals surface area contributed by atoms with Gasteiger partial charge in [-0.15, -0.1) is 12.8 Å². The maximum atomic E-state index is 10.6. The molecule has 1 aliphatic rings. The van der Waals surface area contributed by atoms with Crippen LogP contribution in [0.1, 0.15) is 57.9 Å². The van der Waals surface area contributed by atoms with Gasteiger partial charge in [-0.1, -0.05) is 38.1 Å².